The molecule has 0 fully saturated rings. The van der Waals surface area contributed by atoms with Crippen molar-refractivity contribution in [2.45, 2.75) is 26.3 Å². The van der Waals surface area contributed by atoms with E-state index in [1.54, 1.807) is 0 Å². The fourth-order valence-electron chi connectivity index (χ4n) is 1.53. The number of hydrogen-bond donors (Lipinski definition) is 2. The molecule has 1 aromatic rings. The van der Waals surface area contributed by atoms with E-state index in [9.17, 15) is 4.79 Å². The Morgan fingerprint density at radius 1 is 1.31 bits per heavy atom. The Morgan fingerprint density at radius 2 is 1.94 bits per heavy atom. The zero-order chi connectivity index (χ0) is 12.0. The highest BCUT2D eigenvalue weighted by Gasteiger charge is 2.11. The van der Waals surface area contributed by atoms with Crippen LogP contribution < -0.4 is 11.1 Å². The molecular weight excluding hydrogens is 200 g/mol. The van der Waals surface area contributed by atoms with Crippen LogP contribution in [0.15, 0.2) is 30.3 Å². The first kappa shape index (κ1) is 12.7. The Morgan fingerprint density at radius 3 is 2.50 bits per heavy atom. The first-order chi connectivity index (χ1) is 7.63. The SMILES string of the molecule is C[C@@H](CN)CC(=O)N[C@@H](C)c1ccccc1. The smallest absolute Gasteiger partial charge is 0.220 e. The van der Waals surface area contributed by atoms with E-state index in [2.05, 4.69) is 5.32 Å². The van der Waals surface area contributed by atoms with Gasteiger partial charge in [-0.05, 0) is 24.9 Å². The molecule has 2 atom stereocenters. The van der Waals surface area contributed by atoms with Crippen LogP contribution in [0.25, 0.3) is 0 Å². The lowest BCUT2D eigenvalue weighted by Gasteiger charge is -2.15. The Bertz CT molecular complexity index is 324. The Hall–Kier alpha value is -1.35. The molecule has 0 aromatic heterocycles. The Balaban J connectivity index is 2.46. The van der Waals surface area contributed by atoms with Gasteiger partial charge in [0, 0.05) is 6.42 Å². The number of amides is 1. The summed E-state index contributed by atoms with van der Waals surface area (Å²) in [4.78, 5) is 11.6. The molecule has 1 rings (SSSR count). The molecule has 0 aliphatic heterocycles. The van der Waals surface area contributed by atoms with Crippen LogP contribution in [-0.2, 0) is 4.79 Å². The van der Waals surface area contributed by atoms with E-state index in [4.69, 9.17) is 5.73 Å². The summed E-state index contributed by atoms with van der Waals surface area (Å²) in [6.07, 6.45) is 0.494. The van der Waals surface area contributed by atoms with Crippen molar-refractivity contribution in [3.8, 4) is 0 Å². The molecule has 1 aromatic carbocycles. The molecular formula is C13H20N2O. The van der Waals surface area contributed by atoms with Gasteiger partial charge in [-0.25, -0.2) is 0 Å². The van der Waals surface area contributed by atoms with Crippen molar-refractivity contribution in [3.05, 3.63) is 35.9 Å². The Labute approximate surface area is 97.0 Å². The Kier molecular flexibility index (Phi) is 4.99. The number of rotatable bonds is 5. The highest BCUT2D eigenvalue weighted by atomic mass is 16.1. The van der Waals surface area contributed by atoms with Crippen molar-refractivity contribution < 1.29 is 4.79 Å². The number of hydrogen-bond acceptors (Lipinski definition) is 2. The van der Waals surface area contributed by atoms with Gasteiger partial charge in [0.25, 0.3) is 0 Å². The summed E-state index contributed by atoms with van der Waals surface area (Å²) in [7, 11) is 0. The second-order valence-electron chi connectivity index (χ2n) is 4.24. The van der Waals surface area contributed by atoms with Crippen molar-refractivity contribution >= 4 is 5.91 Å². The number of carbonyl (C=O) groups excluding carboxylic acids is 1. The number of nitrogens with two attached hydrogens (primary N) is 1. The van der Waals surface area contributed by atoms with E-state index in [1.807, 2.05) is 44.2 Å². The van der Waals surface area contributed by atoms with E-state index >= 15 is 0 Å². The third-order valence-corrected chi connectivity index (χ3v) is 2.61. The lowest BCUT2D eigenvalue weighted by atomic mass is 10.1. The van der Waals surface area contributed by atoms with Gasteiger partial charge in [0.1, 0.15) is 0 Å². The molecule has 0 radical (unpaired) electrons. The summed E-state index contributed by atoms with van der Waals surface area (Å²) in [6, 6.07) is 9.99. The number of benzene rings is 1. The first-order valence-electron chi connectivity index (χ1n) is 5.68. The van der Waals surface area contributed by atoms with Gasteiger partial charge in [0.05, 0.1) is 6.04 Å². The third kappa shape index (κ3) is 4.03. The van der Waals surface area contributed by atoms with Crippen molar-refractivity contribution in [1.82, 2.24) is 5.32 Å². The van der Waals surface area contributed by atoms with Crippen LogP contribution in [-0.4, -0.2) is 12.5 Å². The van der Waals surface area contributed by atoms with Gasteiger partial charge in [-0.15, -0.1) is 0 Å². The van der Waals surface area contributed by atoms with Crippen LogP contribution in [0.3, 0.4) is 0 Å². The molecule has 0 heterocycles. The van der Waals surface area contributed by atoms with Crippen LogP contribution in [0, 0.1) is 5.92 Å². The summed E-state index contributed by atoms with van der Waals surface area (Å²) in [5.41, 5.74) is 6.60. The van der Waals surface area contributed by atoms with Crippen molar-refractivity contribution in [2.24, 2.45) is 11.7 Å². The standard InChI is InChI=1S/C13H20N2O/c1-10(9-14)8-13(16)15-11(2)12-6-4-3-5-7-12/h3-7,10-11H,8-9,14H2,1-2H3,(H,15,16)/t10-,11+/m1/s1. The number of carbonyl (C=O) groups is 1. The molecule has 3 heteroatoms. The maximum Gasteiger partial charge on any atom is 0.220 e. The van der Waals surface area contributed by atoms with E-state index in [0.717, 1.165) is 5.56 Å². The highest BCUT2D eigenvalue weighted by Crippen LogP contribution is 2.11. The zero-order valence-corrected chi connectivity index (χ0v) is 9.94. The molecule has 0 spiro atoms. The van der Waals surface area contributed by atoms with Crippen molar-refractivity contribution in [2.75, 3.05) is 6.54 Å². The maximum absolute atomic E-state index is 11.6. The quantitative estimate of drug-likeness (QED) is 0.795. The summed E-state index contributed by atoms with van der Waals surface area (Å²) < 4.78 is 0. The molecule has 88 valence electrons. The predicted molar refractivity (Wildman–Crippen MR) is 65.8 cm³/mol. The van der Waals surface area contributed by atoms with Gasteiger partial charge in [0.15, 0.2) is 0 Å². The van der Waals surface area contributed by atoms with E-state index in [1.165, 1.54) is 0 Å². The molecule has 0 saturated carbocycles. The van der Waals surface area contributed by atoms with Gasteiger partial charge in [-0.2, -0.15) is 0 Å². The molecule has 0 aliphatic rings. The van der Waals surface area contributed by atoms with Crippen LogP contribution >= 0.6 is 0 Å². The molecule has 0 aliphatic carbocycles. The zero-order valence-electron chi connectivity index (χ0n) is 9.94. The fraction of sp³-hybridized carbons (Fsp3) is 0.462. The second kappa shape index (κ2) is 6.28. The summed E-state index contributed by atoms with van der Waals surface area (Å²) >= 11 is 0. The highest BCUT2D eigenvalue weighted by molar-refractivity contribution is 5.76. The third-order valence-electron chi connectivity index (χ3n) is 2.61. The lowest BCUT2D eigenvalue weighted by molar-refractivity contribution is -0.122. The minimum Gasteiger partial charge on any atom is -0.350 e. The monoisotopic (exact) mass is 220 g/mol. The lowest BCUT2D eigenvalue weighted by Crippen LogP contribution is -2.29. The summed E-state index contributed by atoms with van der Waals surface area (Å²) in [6.45, 7) is 4.51. The van der Waals surface area contributed by atoms with Gasteiger partial charge in [-0.3, -0.25) is 4.79 Å². The summed E-state index contributed by atoms with van der Waals surface area (Å²) in [5.74, 6) is 0.303. The van der Waals surface area contributed by atoms with Gasteiger partial charge >= 0.3 is 0 Å². The molecule has 3 nitrogen and oxygen atoms in total. The molecule has 16 heavy (non-hydrogen) atoms. The summed E-state index contributed by atoms with van der Waals surface area (Å²) in [5, 5.41) is 2.97. The topological polar surface area (TPSA) is 55.1 Å². The molecule has 0 bridgehead atoms. The molecule has 3 N–H and O–H groups in total. The van der Waals surface area contributed by atoms with Crippen LogP contribution in [0.1, 0.15) is 31.9 Å². The average molecular weight is 220 g/mol. The number of nitrogens with one attached hydrogen (secondary N) is 1. The largest absolute Gasteiger partial charge is 0.350 e. The molecule has 0 saturated heterocycles. The fourth-order valence-corrected chi connectivity index (χ4v) is 1.53. The second-order valence-corrected chi connectivity index (χ2v) is 4.24. The predicted octanol–water partition coefficient (Wildman–Crippen LogP) is 1.85. The first-order valence-corrected chi connectivity index (χ1v) is 5.68. The van der Waals surface area contributed by atoms with Gasteiger partial charge in [-0.1, -0.05) is 37.3 Å². The van der Waals surface area contributed by atoms with Crippen LogP contribution in [0.4, 0.5) is 0 Å². The molecule has 1 amide bonds. The van der Waals surface area contributed by atoms with E-state index < -0.39 is 0 Å². The maximum atomic E-state index is 11.6. The van der Waals surface area contributed by atoms with E-state index in [-0.39, 0.29) is 17.9 Å². The minimum atomic E-state index is 0.0543. The van der Waals surface area contributed by atoms with Crippen LogP contribution in [0.2, 0.25) is 0 Å². The molecule has 0 unspecified atom stereocenters. The van der Waals surface area contributed by atoms with Crippen LogP contribution in [0.5, 0.6) is 0 Å². The normalized spacial score (nSPS) is 14.2. The van der Waals surface area contributed by atoms with Crippen molar-refractivity contribution in [3.63, 3.8) is 0 Å². The van der Waals surface area contributed by atoms with Crippen molar-refractivity contribution in [1.29, 1.82) is 0 Å². The van der Waals surface area contributed by atoms with Gasteiger partial charge < -0.3 is 11.1 Å². The van der Waals surface area contributed by atoms with E-state index in [0.29, 0.717) is 13.0 Å². The average Bonchev–Trinajstić information content (AvgIpc) is 2.29. The van der Waals surface area contributed by atoms with Gasteiger partial charge in [0.2, 0.25) is 5.91 Å². The minimum absolute atomic E-state index is 0.0543.